The Labute approximate surface area is 176 Å². The Hall–Kier alpha value is -2.63. The second-order valence-electron chi connectivity index (χ2n) is 8.72. The normalized spacial score (nSPS) is 26.2. The summed E-state index contributed by atoms with van der Waals surface area (Å²) in [6.07, 6.45) is 3.74. The van der Waals surface area contributed by atoms with Crippen LogP contribution in [0.3, 0.4) is 0 Å². The number of nitrogens with zero attached hydrogens (tertiary/aromatic N) is 1. The van der Waals surface area contributed by atoms with Crippen molar-refractivity contribution < 1.29 is 14.2 Å². The molecule has 0 saturated carbocycles. The minimum absolute atomic E-state index is 0.235. The van der Waals surface area contributed by atoms with E-state index in [1.807, 2.05) is 30.3 Å². The van der Waals surface area contributed by atoms with E-state index in [1.54, 1.807) is 13.2 Å². The number of β-amino-alcohol motifs (C(OH)–C–C–N with tert-alkyl or cyclic N) is 1. The fraction of sp³-hybridized carbons (Fsp3) is 0.360. The first-order valence-corrected chi connectivity index (χ1v) is 10.5. The number of aromatic amines is 1. The minimum Gasteiger partial charge on any atom is -0.497 e. The van der Waals surface area contributed by atoms with Gasteiger partial charge in [0.1, 0.15) is 11.6 Å². The van der Waals surface area contributed by atoms with Crippen molar-refractivity contribution in [2.75, 3.05) is 26.7 Å². The van der Waals surface area contributed by atoms with Gasteiger partial charge in [0.25, 0.3) is 0 Å². The molecule has 2 N–H and O–H groups in total. The molecule has 5 heteroatoms. The third-order valence-corrected chi connectivity index (χ3v) is 7.15. The van der Waals surface area contributed by atoms with Gasteiger partial charge in [0, 0.05) is 47.9 Å². The molecule has 3 aromatic rings. The third kappa shape index (κ3) is 2.72. The predicted octanol–water partition coefficient (Wildman–Crippen LogP) is 3.98. The maximum absolute atomic E-state index is 14.7. The van der Waals surface area contributed by atoms with Gasteiger partial charge in [-0.05, 0) is 48.4 Å². The third-order valence-electron chi connectivity index (χ3n) is 7.15. The van der Waals surface area contributed by atoms with Gasteiger partial charge in [0.05, 0.1) is 12.7 Å². The fourth-order valence-corrected chi connectivity index (χ4v) is 5.70. The largest absolute Gasteiger partial charge is 0.497 e. The van der Waals surface area contributed by atoms with E-state index >= 15 is 0 Å². The summed E-state index contributed by atoms with van der Waals surface area (Å²) >= 11 is 0. The maximum Gasteiger partial charge on any atom is 0.132 e. The molecular formula is C25H27FN2O2. The number of likely N-dealkylation sites (tertiary alicyclic amines) is 1. The number of H-pyrrole nitrogens is 1. The lowest BCUT2D eigenvalue weighted by atomic mass is 9.56. The Morgan fingerprint density at radius 2 is 2.10 bits per heavy atom. The number of piperidine rings is 1. The molecule has 1 aliphatic carbocycles. The van der Waals surface area contributed by atoms with E-state index in [0.29, 0.717) is 24.8 Å². The Bertz CT molecular complexity index is 1120. The first-order valence-electron chi connectivity index (χ1n) is 10.5. The standard InChI is InChI=1S/C25H27FN2O2/c1-3-11-28-12-10-24(17-6-4-7-18(13-17)30-2)15-22-19(14-25(24,29)16-28)23-20(26)8-5-9-21(23)27-22/h3-9,13,27,29H,1,10-12,14-16H2,2H3. The van der Waals surface area contributed by atoms with Gasteiger partial charge in [0.15, 0.2) is 0 Å². The number of rotatable bonds is 4. The predicted molar refractivity (Wildman–Crippen MR) is 117 cm³/mol. The highest BCUT2D eigenvalue weighted by atomic mass is 19.1. The van der Waals surface area contributed by atoms with Gasteiger partial charge in [-0.3, -0.25) is 4.90 Å². The van der Waals surface area contributed by atoms with Crippen molar-refractivity contribution in [2.24, 2.45) is 0 Å². The smallest absolute Gasteiger partial charge is 0.132 e. The molecule has 4 nitrogen and oxygen atoms in total. The highest BCUT2D eigenvalue weighted by molar-refractivity contribution is 5.86. The molecular weight excluding hydrogens is 379 g/mol. The topological polar surface area (TPSA) is 48.5 Å². The average Bonchev–Trinajstić information content (AvgIpc) is 3.09. The zero-order valence-electron chi connectivity index (χ0n) is 17.2. The quantitative estimate of drug-likeness (QED) is 0.645. The molecule has 0 bridgehead atoms. The van der Waals surface area contributed by atoms with E-state index in [2.05, 4.69) is 22.5 Å². The molecule has 2 atom stereocenters. The molecule has 2 heterocycles. The van der Waals surface area contributed by atoms with Crippen LogP contribution in [0.15, 0.2) is 55.1 Å². The van der Waals surface area contributed by atoms with Gasteiger partial charge < -0.3 is 14.8 Å². The number of hydrogen-bond acceptors (Lipinski definition) is 3. The minimum atomic E-state index is -1.02. The number of benzene rings is 2. The number of methoxy groups -OCH3 is 1. The number of aromatic nitrogens is 1. The van der Waals surface area contributed by atoms with Crippen LogP contribution in [-0.2, 0) is 18.3 Å². The molecule has 2 unspecified atom stereocenters. The van der Waals surface area contributed by atoms with E-state index in [9.17, 15) is 9.50 Å². The van der Waals surface area contributed by atoms with Crippen LogP contribution < -0.4 is 4.74 Å². The number of nitrogens with one attached hydrogen (secondary N) is 1. The van der Waals surface area contributed by atoms with Crippen molar-refractivity contribution in [1.29, 1.82) is 0 Å². The second kappa shape index (κ2) is 6.96. The van der Waals surface area contributed by atoms with Crippen LogP contribution in [0.25, 0.3) is 10.9 Å². The lowest BCUT2D eigenvalue weighted by Gasteiger charge is -2.56. The highest BCUT2D eigenvalue weighted by Crippen LogP contribution is 2.52. The average molecular weight is 407 g/mol. The van der Waals surface area contributed by atoms with Gasteiger partial charge in [-0.1, -0.05) is 24.3 Å². The second-order valence-corrected chi connectivity index (χ2v) is 8.72. The SMILES string of the molecule is C=CCN1CCC2(c3cccc(OC)c3)Cc3[nH]c4cccc(F)c4c3CC2(O)C1. The Morgan fingerprint density at radius 3 is 2.90 bits per heavy atom. The van der Waals surface area contributed by atoms with Crippen LogP contribution >= 0.6 is 0 Å². The molecule has 0 spiro atoms. The van der Waals surface area contributed by atoms with Crippen molar-refractivity contribution in [2.45, 2.75) is 30.3 Å². The zero-order chi connectivity index (χ0) is 20.9. The number of hydrogen-bond donors (Lipinski definition) is 2. The first kappa shape index (κ1) is 19.3. The molecule has 0 amide bonds. The fourth-order valence-electron chi connectivity index (χ4n) is 5.70. The number of aliphatic hydroxyl groups is 1. The first-order chi connectivity index (χ1) is 14.5. The number of ether oxygens (including phenoxy) is 1. The zero-order valence-corrected chi connectivity index (χ0v) is 17.2. The van der Waals surface area contributed by atoms with Crippen LogP contribution in [0, 0.1) is 5.82 Å². The lowest BCUT2D eigenvalue weighted by molar-refractivity contribution is -0.100. The Balaban J connectivity index is 1.70. The number of fused-ring (bicyclic) bond motifs is 4. The van der Waals surface area contributed by atoms with E-state index in [1.165, 1.54) is 6.07 Å². The van der Waals surface area contributed by atoms with Gasteiger partial charge in [-0.2, -0.15) is 0 Å². The van der Waals surface area contributed by atoms with Crippen molar-refractivity contribution >= 4 is 10.9 Å². The van der Waals surface area contributed by atoms with E-state index < -0.39 is 11.0 Å². The lowest BCUT2D eigenvalue weighted by Crippen LogP contribution is -2.66. The molecule has 1 fully saturated rings. The summed E-state index contributed by atoms with van der Waals surface area (Å²) in [5.41, 5.74) is 2.32. The van der Waals surface area contributed by atoms with Crippen molar-refractivity contribution in [3.05, 3.63) is 77.8 Å². The molecule has 1 aliphatic heterocycles. The Kier molecular flexibility index (Phi) is 4.49. The van der Waals surface area contributed by atoms with Crippen LogP contribution in [0.5, 0.6) is 5.75 Å². The summed E-state index contributed by atoms with van der Waals surface area (Å²) in [6, 6.07) is 13.2. The molecule has 1 aromatic heterocycles. The summed E-state index contributed by atoms with van der Waals surface area (Å²) < 4.78 is 20.2. The maximum atomic E-state index is 14.7. The van der Waals surface area contributed by atoms with E-state index in [0.717, 1.165) is 47.6 Å². The number of halogens is 1. The molecule has 2 aliphatic rings. The molecule has 1 saturated heterocycles. The summed E-state index contributed by atoms with van der Waals surface area (Å²) in [5, 5.41) is 12.8. The van der Waals surface area contributed by atoms with Crippen molar-refractivity contribution in [3.63, 3.8) is 0 Å². The molecule has 5 rings (SSSR count). The van der Waals surface area contributed by atoms with E-state index in [4.69, 9.17) is 4.74 Å². The summed E-state index contributed by atoms with van der Waals surface area (Å²) in [6.45, 7) is 5.99. The van der Waals surface area contributed by atoms with Crippen LogP contribution in [0.2, 0.25) is 0 Å². The van der Waals surface area contributed by atoms with Crippen LogP contribution in [0.4, 0.5) is 4.39 Å². The molecule has 156 valence electrons. The Morgan fingerprint density at radius 1 is 1.27 bits per heavy atom. The van der Waals surface area contributed by atoms with Crippen LogP contribution in [0.1, 0.15) is 23.2 Å². The monoisotopic (exact) mass is 406 g/mol. The summed E-state index contributed by atoms with van der Waals surface area (Å²) in [4.78, 5) is 5.69. The summed E-state index contributed by atoms with van der Waals surface area (Å²) in [5.74, 6) is 0.549. The van der Waals surface area contributed by atoms with Gasteiger partial charge in [0.2, 0.25) is 0 Å². The molecule has 2 aromatic carbocycles. The van der Waals surface area contributed by atoms with E-state index in [-0.39, 0.29) is 5.82 Å². The van der Waals surface area contributed by atoms with Gasteiger partial charge >= 0.3 is 0 Å². The highest BCUT2D eigenvalue weighted by Gasteiger charge is 2.57. The van der Waals surface area contributed by atoms with Crippen LogP contribution in [-0.4, -0.2) is 47.3 Å². The summed E-state index contributed by atoms with van der Waals surface area (Å²) in [7, 11) is 1.66. The van der Waals surface area contributed by atoms with Gasteiger partial charge in [-0.25, -0.2) is 4.39 Å². The molecule has 30 heavy (non-hydrogen) atoms. The van der Waals surface area contributed by atoms with Crippen molar-refractivity contribution in [1.82, 2.24) is 9.88 Å². The van der Waals surface area contributed by atoms with Gasteiger partial charge in [-0.15, -0.1) is 6.58 Å². The van der Waals surface area contributed by atoms with Crippen molar-refractivity contribution in [3.8, 4) is 5.75 Å². The molecule has 0 radical (unpaired) electrons.